The van der Waals surface area contributed by atoms with Crippen LogP contribution in [0.25, 0.3) is 11.5 Å². The fraction of sp³-hybridized carbons (Fsp3) is 0.391. The number of aromatic nitrogens is 2. The summed E-state index contributed by atoms with van der Waals surface area (Å²) >= 11 is 0. The Morgan fingerprint density at radius 1 is 1.00 bits per heavy atom. The van der Waals surface area contributed by atoms with Gasteiger partial charge in [0.05, 0.1) is 18.0 Å². The number of sulfonamides is 1. The molecule has 1 fully saturated rings. The number of hydrogen-bond donors (Lipinski definition) is 0. The zero-order valence-corrected chi connectivity index (χ0v) is 19.6. The molecule has 32 heavy (non-hydrogen) atoms. The molecule has 2 heterocycles. The van der Waals surface area contributed by atoms with Crippen molar-refractivity contribution in [1.29, 1.82) is 0 Å². The van der Waals surface area contributed by atoms with Gasteiger partial charge in [0.25, 0.3) is 0 Å². The van der Waals surface area contributed by atoms with E-state index in [-0.39, 0.29) is 6.04 Å². The van der Waals surface area contributed by atoms with Gasteiger partial charge >= 0.3 is 0 Å². The number of piperazine rings is 1. The van der Waals surface area contributed by atoms with Crippen LogP contribution in [0.4, 0.5) is 0 Å². The first-order chi connectivity index (χ1) is 15.3. The molecule has 1 saturated heterocycles. The maximum atomic E-state index is 13.1. The summed E-state index contributed by atoms with van der Waals surface area (Å²) in [5.41, 5.74) is 2.65. The maximum Gasteiger partial charge on any atom is 0.247 e. The largest absolute Gasteiger partial charge is 0.497 e. The third-order valence-electron chi connectivity index (χ3n) is 5.90. The van der Waals surface area contributed by atoms with Crippen molar-refractivity contribution in [3.05, 3.63) is 59.5 Å². The lowest BCUT2D eigenvalue weighted by atomic mass is 10.2. The molecule has 2 aromatic carbocycles. The smallest absolute Gasteiger partial charge is 0.247 e. The molecular weight excluding hydrogens is 428 g/mol. The van der Waals surface area contributed by atoms with E-state index in [1.807, 2.05) is 57.2 Å². The second kappa shape index (κ2) is 9.01. The zero-order valence-electron chi connectivity index (χ0n) is 18.8. The Morgan fingerprint density at radius 3 is 2.31 bits per heavy atom. The zero-order chi connectivity index (χ0) is 22.9. The van der Waals surface area contributed by atoms with Crippen molar-refractivity contribution in [2.75, 3.05) is 33.3 Å². The van der Waals surface area contributed by atoms with E-state index in [1.54, 1.807) is 17.5 Å². The molecule has 8 nitrogen and oxygen atoms in total. The summed E-state index contributed by atoms with van der Waals surface area (Å²) in [6.07, 6.45) is 0. The molecule has 0 spiro atoms. The van der Waals surface area contributed by atoms with Crippen LogP contribution in [0, 0.1) is 13.8 Å². The van der Waals surface area contributed by atoms with Gasteiger partial charge < -0.3 is 9.15 Å². The Kier molecular flexibility index (Phi) is 6.32. The van der Waals surface area contributed by atoms with Gasteiger partial charge in [0.2, 0.25) is 21.8 Å². The molecule has 0 saturated carbocycles. The van der Waals surface area contributed by atoms with Crippen LogP contribution in [0.1, 0.15) is 30.0 Å². The summed E-state index contributed by atoms with van der Waals surface area (Å²) in [5.74, 6) is 1.72. The second-order valence-corrected chi connectivity index (χ2v) is 9.97. The molecule has 9 heteroatoms. The molecule has 170 valence electrons. The quantitative estimate of drug-likeness (QED) is 0.561. The minimum absolute atomic E-state index is 0.111. The van der Waals surface area contributed by atoms with Gasteiger partial charge in [0, 0.05) is 31.7 Å². The highest BCUT2D eigenvalue weighted by Gasteiger charge is 2.32. The van der Waals surface area contributed by atoms with Gasteiger partial charge in [-0.15, -0.1) is 10.2 Å². The van der Waals surface area contributed by atoms with Gasteiger partial charge in [0.1, 0.15) is 5.75 Å². The van der Waals surface area contributed by atoms with E-state index < -0.39 is 10.0 Å². The molecular formula is C23H28N4O4S. The number of rotatable bonds is 6. The number of methoxy groups -OCH3 is 1. The van der Waals surface area contributed by atoms with Crippen LogP contribution in [-0.2, 0) is 10.0 Å². The minimum Gasteiger partial charge on any atom is -0.497 e. The van der Waals surface area contributed by atoms with E-state index in [0.717, 1.165) is 22.4 Å². The third kappa shape index (κ3) is 4.41. The van der Waals surface area contributed by atoms with Crippen LogP contribution in [0.15, 0.2) is 51.8 Å². The highest BCUT2D eigenvalue weighted by atomic mass is 32.2. The van der Waals surface area contributed by atoms with Crippen molar-refractivity contribution in [3.63, 3.8) is 0 Å². The lowest BCUT2D eigenvalue weighted by molar-refractivity contribution is 0.129. The number of ether oxygens (including phenoxy) is 1. The van der Waals surface area contributed by atoms with Crippen molar-refractivity contribution < 1.29 is 17.6 Å². The maximum absolute atomic E-state index is 13.1. The topological polar surface area (TPSA) is 88.8 Å². The average molecular weight is 457 g/mol. The monoisotopic (exact) mass is 456 g/mol. The molecule has 0 aliphatic carbocycles. The Labute approximate surface area is 188 Å². The van der Waals surface area contributed by atoms with Gasteiger partial charge in [0.15, 0.2) is 0 Å². The summed E-state index contributed by atoms with van der Waals surface area (Å²) in [7, 11) is -1.90. The second-order valence-electron chi connectivity index (χ2n) is 8.06. The van der Waals surface area contributed by atoms with Crippen LogP contribution in [-0.4, -0.2) is 61.1 Å². The van der Waals surface area contributed by atoms with Crippen molar-refractivity contribution in [2.24, 2.45) is 0 Å². The number of aryl methyl sites for hydroxylation is 2. The predicted molar refractivity (Wildman–Crippen MR) is 121 cm³/mol. The summed E-state index contributed by atoms with van der Waals surface area (Å²) in [4.78, 5) is 2.55. The first kappa shape index (κ1) is 22.4. The molecule has 0 N–H and O–H groups in total. The SMILES string of the molecule is COc1ccc(-c2nnc(C(C)N3CCN(S(=O)(=O)c4ccc(C)cc4C)CC3)o2)cc1. The van der Waals surface area contributed by atoms with Gasteiger partial charge in [-0.3, -0.25) is 4.90 Å². The number of hydrogen-bond acceptors (Lipinski definition) is 7. The summed E-state index contributed by atoms with van der Waals surface area (Å²) in [5, 5.41) is 8.40. The summed E-state index contributed by atoms with van der Waals surface area (Å²) < 4.78 is 38.9. The first-order valence-electron chi connectivity index (χ1n) is 10.6. The number of nitrogens with zero attached hydrogens (tertiary/aromatic N) is 4. The van der Waals surface area contributed by atoms with E-state index in [0.29, 0.717) is 42.9 Å². The normalized spacial score (nSPS) is 16.8. The fourth-order valence-corrected chi connectivity index (χ4v) is 5.60. The standard InChI is InChI=1S/C23H28N4O4S/c1-16-5-10-21(17(2)15-16)32(28,29)27-13-11-26(12-14-27)18(3)22-24-25-23(31-22)19-6-8-20(30-4)9-7-19/h5-10,15,18H,11-14H2,1-4H3. The highest BCUT2D eigenvalue weighted by molar-refractivity contribution is 7.89. The van der Waals surface area contributed by atoms with Crippen molar-refractivity contribution >= 4 is 10.0 Å². The molecule has 1 aliphatic heterocycles. The van der Waals surface area contributed by atoms with Crippen LogP contribution in [0.3, 0.4) is 0 Å². The van der Waals surface area contributed by atoms with E-state index in [4.69, 9.17) is 9.15 Å². The lowest BCUT2D eigenvalue weighted by Crippen LogP contribution is -2.49. The molecule has 1 aromatic heterocycles. The van der Waals surface area contributed by atoms with Gasteiger partial charge in [-0.2, -0.15) is 4.31 Å². The Hall–Kier alpha value is -2.75. The van der Waals surface area contributed by atoms with Crippen molar-refractivity contribution in [1.82, 2.24) is 19.4 Å². The molecule has 1 unspecified atom stereocenters. The van der Waals surface area contributed by atoms with E-state index in [1.165, 1.54) is 0 Å². The molecule has 1 atom stereocenters. The summed E-state index contributed by atoms with van der Waals surface area (Å²) in [6, 6.07) is 12.8. The summed E-state index contributed by atoms with van der Waals surface area (Å²) in [6.45, 7) is 7.81. The number of benzene rings is 2. The van der Waals surface area contributed by atoms with Crippen LogP contribution in [0.5, 0.6) is 5.75 Å². The van der Waals surface area contributed by atoms with Gasteiger partial charge in [-0.1, -0.05) is 17.7 Å². The predicted octanol–water partition coefficient (Wildman–Crippen LogP) is 3.43. The van der Waals surface area contributed by atoms with E-state index >= 15 is 0 Å². The van der Waals surface area contributed by atoms with Gasteiger partial charge in [-0.05, 0) is 56.7 Å². The van der Waals surface area contributed by atoms with Crippen molar-refractivity contribution in [3.8, 4) is 17.2 Å². The molecule has 0 amide bonds. The van der Waals surface area contributed by atoms with Crippen LogP contribution in [0.2, 0.25) is 0 Å². The van der Waals surface area contributed by atoms with Crippen molar-refractivity contribution in [2.45, 2.75) is 31.7 Å². The fourth-order valence-electron chi connectivity index (χ4n) is 3.97. The average Bonchev–Trinajstić information content (AvgIpc) is 3.29. The molecule has 0 radical (unpaired) electrons. The molecule has 4 rings (SSSR count). The third-order valence-corrected chi connectivity index (χ3v) is 7.96. The first-order valence-corrected chi connectivity index (χ1v) is 12.0. The van der Waals surface area contributed by atoms with E-state index in [2.05, 4.69) is 15.1 Å². The van der Waals surface area contributed by atoms with Crippen LogP contribution < -0.4 is 4.74 Å². The van der Waals surface area contributed by atoms with Crippen LogP contribution >= 0.6 is 0 Å². The molecule has 0 bridgehead atoms. The van der Waals surface area contributed by atoms with E-state index in [9.17, 15) is 8.42 Å². The lowest BCUT2D eigenvalue weighted by Gasteiger charge is -2.36. The van der Waals surface area contributed by atoms with Gasteiger partial charge in [-0.25, -0.2) is 8.42 Å². The highest BCUT2D eigenvalue weighted by Crippen LogP contribution is 2.28. The molecule has 1 aliphatic rings. The molecule has 3 aromatic rings. The minimum atomic E-state index is -3.52. The Balaban J connectivity index is 1.42. The Morgan fingerprint density at radius 2 is 1.69 bits per heavy atom. The Bertz CT molecular complexity index is 1180.